The first-order chi connectivity index (χ1) is 24.3. The smallest absolute Gasteiger partial charge is 0.407 e. The van der Waals surface area contributed by atoms with Crippen molar-refractivity contribution in [3.8, 4) is 0 Å². The van der Waals surface area contributed by atoms with E-state index in [0.29, 0.717) is 31.2 Å². The minimum Gasteiger partial charge on any atom is -0.444 e. The highest BCUT2D eigenvalue weighted by atomic mass is 32.2. The van der Waals surface area contributed by atoms with Crippen LogP contribution in [0.3, 0.4) is 0 Å². The zero-order chi connectivity index (χ0) is 38.9. The zero-order valence-electron chi connectivity index (χ0n) is 30.7. The van der Waals surface area contributed by atoms with Gasteiger partial charge >= 0.3 is 12.2 Å². The lowest BCUT2D eigenvalue weighted by Gasteiger charge is -2.19. The van der Waals surface area contributed by atoms with Crippen molar-refractivity contribution in [1.29, 1.82) is 16.2 Å². The SMILES string of the molecule is CC(C)(C)OC(=O)NCc1cccc(CC(=O)NC(=N)SC(=N)CCCCC(N)SC(=N)NC(=O)Cc2cccc(CNC(=O)OC(C)(C)C)c2)c1. The number of rotatable bonds is 14. The Morgan fingerprint density at radius 3 is 1.62 bits per heavy atom. The van der Waals surface area contributed by atoms with Crippen LogP contribution in [-0.2, 0) is 45.0 Å². The standard InChI is InChI=1S/C36H52N8O6S2/c1-35(2,3)49-33(47)41-21-25-13-9-11-23(17-25)19-29(45)43-31(39)51-27(37)15-7-8-16-28(38)52-32(40)44-30(46)20-24-12-10-14-26(18-24)22-42-34(48)50-36(4,5)6/h9-14,17-18,27,38H,7-8,15-16,19-22,37H2,1-6H3,(H,41,47)(H,42,48)(H2,39,43,45)(H2,40,44,46). The van der Waals surface area contributed by atoms with E-state index in [-0.39, 0.29) is 53.1 Å². The molecule has 16 heteroatoms. The van der Waals surface area contributed by atoms with E-state index in [4.69, 9.17) is 31.4 Å². The Labute approximate surface area is 314 Å². The molecule has 0 bridgehead atoms. The maximum absolute atomic E-state index is 12.5. The number of carbonyl (C=O) groups is 4. The lowest BCUT2D eigenvalue weighted by Crippen LogP contribution is -2.32. The summed E-state index contributed by atoms with van der Waals surface area (Å²) < 4.78 is 10.5. The normalized spacial score (nSPS) is 11.8. The summed E-state index contributed by atoms with van der Waals surface area (Å²) in [6.07, 6.45) is 1.27. The molecule has 0 aromatic heterocycles. The molecule has 4 amide bonds. The van der Waals surface area contributed by atoms with Gasteiger partial charge in [0, 0.05) is 13.1 Å². The predicted molar refractivity (Wildman–Crippen MR) is 208 cm³/mol. The van der Waals surface area contributed by atoms with Crippen LogP contribution in [0.25, 0.3) is 0 Å². The minimum atomic E-state index is -0.604. The van der Waals surface area contributed by atoms with Gasteiger partial charge in [0.15, 0.2) is 10.3 Å². The average Bonchev–Trinajstić information content (AvgIpc) is 2.99. The molecule has 0 radical (unpaired) electrons. The Hall–Kier alpha value is -4.41. The van der Waals surface area contributed by atoms with Crippen LogP contribution in [0.4, 0.5) is 9.59 Å². The van der Waals surface area contributed by atoms with E-state index in [2.05, 4.69) is 21.3 Å². The summed E-state index contributed by atoms with van der Waals surface area (Å²) in [5, 5.41) is 34.5. The van der Waals surface area contributed by atoms with E-state index >= 15 is 0 Å². The molecular weight excluding hydrogens is 705 g/mol. The van der Waals surface area contributed by atoms with Crippen molar-refractivity contribution < 1.29 is 28.7 Å². The van der Waals surface area contributed by atoms with Crippen molar-refractivity contribution in [2.24, 2.45) is 5.73 Å². The fraction of sp³-hybridized carbons (Fsp3) is 0.472. The molecule has 2 rings (SSSR count). The van der Waals surface area contributed by atoms with Crippen LogP contribution in [0.2, 0.25) is 0 Å². The van der Waals surface area contributed by atoms with Gasteiger partial charge in [0.2, 0.25) is 11.8 Å². The number of amidine groups is 2. The summed E-state index contributed by atoms with van der Waals surface area (Å²) >= 11 is 1.92. The summed E-state index contributed by atoms with van der Waals surface area (Å²) in [4.78, 5) is 48.9. The number of ether oxygens (including phenoxy) is 2. The van der Waals surface area contributed by atoms with E-state index in [1.54, 1.807) is 71.9 Å². The molecule has 2 aromatic carbocycles. The first-order valence-corrected chi connectivity index (χ1v) is 18.5. The van der Waals surface area contributed by atoms with Crippen LogP contribution >= 0.6 is 23.5 Å². The number of hydrogen-bond donors (Lipinski definition) is 8. The maximum Gasteiger partial charge on any atom is 0.407 e. The molecule has 0 aliphatic carbocycles. The van der Waals surface area contributed by atoms with E-state index in [9.17, 15) is 19.2 Å². The van der Waals surface area contributed by atoms with Gasteiger partial charge in [-0.1, -0.05) is 66.7 Å². The molecular formula is C36H52N8O6S2. The monoisotopic (exact) mass is 756 g/mol. The van der Waals surface area contributed by atoms with Crippen LogP contribution in [0.5, 0.6) is 0 Å². The highest BCUT2D eigenvalue weighted by Crippen LogP contribution is 2.17. The summed E-state index contributed by atoms with van der Waals surface area (Å²) in [7, 11) is 0. The molecule has 0 saturated heterocycles. The number of nitrogens with one attached hydrogen (secondary N) is 7. The molecule has 284 valence electrons. The third-order valence-corrected chi connectivity index (χ3v) is 8.16. The number of carbonyl (C=O) groups excluding carboxylic acids is 4. The fourth-order valence-corrected chi connectivity index (χ4v) is 5.88. The van der Waals surface area contributed by atoms with Gasteiger partial charge in [-0.05, 0) is 94.8 Å². The Morgan fingerprint density at radius 2 is 1.15 bits per heavy atom. The van der Waals surface area contributed by atoms with E-state index in [1.807, 2.05) is 18.2 Å². The molecule has 9 N–H and O–H groups in total. The Morgan fingerprint density at radius 1 is 0.712 bits per heavy atom. The molecule has 0 aliphatic heterocycles. The van der Waals surface area contributed by atoms with E-state index in [0.717, 1.165) is 40.2 Å². The average molecular weight is 757 g/mol. The Kier molecular flexibility index (Phi) is 17.8. The van der Waals surface area contributed by atoms with Gasteiger partial charge in [0.1, 0.15) is 11.2 Å². The molecule has 1 atom stereocenters. The first kappa shape index (κ1) is 43.8. The second-order valence-corrected chi connectivity index (χ2v) is 16.2. The number of unbranched alkanes of at least 4 members (excludes halogenated alkanes) is 1. The summed E-state index contributed by atoms with van der Waals surface area (Å²) in [6, 6.07) is 14.4. The topological polar surface area (TPSA) is 232 Å². The highest BCUT2D eigenvalue weighted by molar-refractivity contribution is 8.26. The molecule has 14 nitrogen and oxygen atoms in total. The van der Waals surface area contributed by atoms with Gasteiger partial charge in [-0.2, -0.15) is 0 Å². The summed E-state index contributed by atoms with van der Waals surface area (Å²) in [5.41, 5.74) is 8.00. The van der Waals surface area contributed by atoms with Crippen LogP contribution in [0.1, 0.15) is 89.5 Å². The summed E-state index contributed by atoms with van der Waals surface area (Å²) in [5.74, 6) is -0.746. The van der Waals surface area contributed by atoms with Crippen molar-refractivity contribution in [1.82, 2.24) is 21.3 Å². The van der Waals surface area contributed by atoms with Gasteiger partial charge in [0.25, 0.3) is 0 Å². The number of amides is 4. The van der Waals surface area contributed by atoms with Crippen LogP contribution in [0.15, 0.2) is 48.5 Å². The fourth-order valence-electron chi connectivity index (χ4n) is 4.46. The molecule has 2 aromatic rings. The van der Waals surface area contributed by atoms with Gasteiger partial charge in [-0.3, -0.25) is 25.8 Å². The molecule has 0 spiro atoms. The van der Waals surface area contributed by atoms with Crippen molar-refractivity contribution in [3.05, 3.63) is 70.8 Å². The zero-order valence-corrected chi connectivity index (χ0v) is 32.3. The quantitative estimate of drug-likeness (QED) is 0.0495. The van der Waals surface area contributed by atoms with Crippen LogP contribution in [0, 0.1) is 16.2 Å². The Bertz CT molecular complexity index is 1590. The lowest BCUT2D eigenvalue weighted by atomic mass is 10.1. The van der Waals surface area contributed by atoms with Crippen LogP contribution in [-0.4, -0.2) is 56.0 Å². The third kappa shape index (κ3) is 20.4. The number of nitrogens with two attached hydrogens (primary N) is 1. The number of alkyl carbamates (subject to hydrolysis) is 2. The highest BCUT2D eigenvalue weighted by Gasteiger charge is 2.18. The number of thioether (sulfide) groups is 2. The first-order valence-electron chi connectivity index (χ1n) is 16.8. The van der Waals surface area contributed by atoms with Crippen molar-refractivity contribution >= 4 is 62.9 Å². The molecule has 0 saturated carbocycles. The van der Waals surface area contributed by atoms with E-state index in [1.165, 1.54) is 0 Å². The number of benzene rings is 2. The largest absolute Gasteiger partial charge is 0.444 e. The molecule has 0 fully saturated rings. The van der Waals surface area contributed by atoms with Gasteiger partial charge in [-0.15, -0.1) is 0 Å². The molecule has 0 aliphatic rings. The van der Waals surface area contributed by atoms with Gasteiger partial charge in [-0.25, -0.2) is 9.59 Å². The number of hydrogen-bond acceptors (Lipinski definition) is 12. The molecule has 0 heterocycles. The molecule has 52 heavy (non-hydrogen) atoms. The van der Waals surface area contributed by atoms with Crippen LogP contribution < -0.4 is 27.0 Å². The van der Waals surface area contributed by atoms with Crippen molar-refractivity contribution in [2.75, 3.05) is 0 Å². The molecule has 1 unspecified atom stereocenters. The van der Waals surface area contributed by atoms with Crippen molar-refractivity contribution in [3.63, 3.8) is 0 Å². The minimum absolute atomic E-state index is 0.0316. The Balaban J connectivity index is 1.63. The predicted octanol–water partition coefficient (Wildman–Crippen LogP) is 5.91. The third-order valence-electron chi connectivity index (χ3n) is 6.53. The summed E-state index contributed by atoms with van der Waals surface area (Å²) in [6.45, 7) is 11.2. The second kappa shape index (κ2) is 21.2. The van der Waals surface area contributed by atoms with Crippen molar-refractivity contribution in [2.45, 2.75) is 110 Å². The van der Waals surface area contributed by atoms with E-state index < -0.39 is 28.8 Å². The second-order valence-electron chi connectivity index (χ2n) is 13.9. The van der Waals surface area contributed by atoms with Gasteiger partial charge in [0.05, 0.1) is 23.3 Å². The van der Waals surface area contributed by atoms with Gasteiger partial charge < -0.3 is 36.5 Å². The lowest BCUT2D eigenvalue weighted by molar-refractivity contribution is -0.119. The maximum atomic E-state index is 12.5.